The lowest BCUT2D eigenvalue weighted by molar-refractivity contribution is 0.333. The zero-order valence-corrected chi connectivity index (χ0v) is 8.34. The van der Waals surface area contributed by atoms with Gasteiger partial charge in [0.25, 0.3) is 0 Å². The molecule has 1 aliphatic rings. The van der Waals surface area contributed by atoms with Gasteiger partial charge in [-0.3, -0.25) is 0 Å². The molecule has 0 N–H and O–H groups in total. The molecule has 1 aromatic carbocycles. The maximum Gasteiger partial charge on any atom is 0.324 e. The van der Waals surface area contributed by atoms with Gasteiger partial charge in [0.1, 0.15) is 0 Å². The normalized spacial score (nSPS) is 14.8. The van der Waals surface area contributed by atoms with Gasteiger partial charge in [-0.1, -0.05) is 38.4 Å². The van der Waals surface area contributed by atoms with Gasteiger partial charge < -0.3 is 4.65 Å². The minimum absolute atomic E-state index is 0.298. The van der Waals surface area contributed by atoms with Crippen LogP contribution in [-0.4, -0.2) is 6.92 Å². The Hall–Kier alpha value is -0.755. The summed E-state index contributed by atoms with van der Waals surface area (Å²) in [5.41, 5.74) is 4.21. The van der Waals surface area contributed by atoms with Crippen LogP contribution in [0.3, 0.4) is 0 Å². The van der Waals surface area contributed by atoms with Crippen molar-refractivity contribution in [2.45, 2.75) is 33.2 Å². The van der Waals surface area contributed by atoms with Gasteiger partial charge in [-0.2, -0.15) is 0 Å². The number of aryl methyl sites for hydroxylation is 1. The minimum atomic E-state index is 0.298. The summed E-state index contributed by atoms with van der Waals surface area (Å²) in [5.74, 6) is 0. The molecule has 68 valence electrons. The molecule has 1 aliphatic heterocycles. The zero-order chi connectivity index (χ0) is 9.26. The van der Waals surface area contributed by atoms with Gasteiger partial charge in [0, 0.05) is 0 Å². The Morgan fingerprint density at radius 3 is 3.08 bits per heavy atom. The molecule has 0 spiro atoms. The van der Waals surface area contributed by atoms with Gasteiger partial charge >= 0.3 is 6.92 Å². The summed E-state index contributed by atoms with van der Waals surface area (Å²) in [5, 5.41) is 0. The predicted molar refractivity (Wildman–Crippen MR) is 56.5 cm³/mol. The van der Waals surface area contributed by atoms with Crippen molar-refractivity contribution in [3.05, 3.63) is 29.3 Å². The van der Waals surface area contributed by atoms with E-state index in [0.717, 1.165) is 6.61 Å². The molecule has 1 aromatic rings. The van der Waals surface area contributed by atoms with E-state index in [1.54, 1.807) is 0 Å². The van der Waals surface area contributed by atoms with Gasteiger partial charge in [-0.25, -0.2) is 0 Å². The Morgan fingerprint density at radius 1 is 1.46 bits per heavy atom. The second kappa shape index (κ2) is 3.55. The van der Waals surface area contributed by atoms with Crippen molar-refractivity contribution in [1.82, 2.24) is 0 Å². The average Bonchev–Trinajstić information content (AvgIpc) is 2.49. The highest BCUT2D eigenvalue weighted by atomic mass is 16.4. The van der Waals surface area contributed by atoms with Crippen molar-refractivity contribution in [1.29, 1.82) is 0 Å². The van der Waals surface area contributed by atoms with Gasteiger partial charge in [-0.15, -0.1) is 0 Å². The first-order valence-electron chi connectivity index (χ1n) is 5.04. The Morgan fingerprint density at radius 2 is 2.31 bits per heavy atom. The van der Waals surface area contributed by atoms with E-state index in [9.17, 15) is 0 Å². The fraction of sp³-hybridized carbons (Fsp3) is 0.455. The third-order valence-electron chi connectivity index (χ3n) is 2.68. The first-order chi connectivity index (χ1) is 6.31. The minimum Gasteiger partial charge on any atom is -0.427 e. The van der Waals surface area contributed by atoms with Gasteiger partial charge in [-0.05, 0) is 23.0 Å². The number of hydrogen-bond acceptors (Lipinski definition) is 1. The van der Waals surface area contributed by atoms with E-state index in [2.05, 4.69) is 31.9 Å². The van der Waals surface area contributed by atoms with Crippen molar-refractivity contribution in [2.75, 3.05) is 0 Å². The molecule has 0 aromatic heterocycles. The molecule has 0 bridgehead atoms. The maximum atomic E-state index is 5.56. The highest BCUT2D eigenvalue weighted by Crippen LogP contribution is 2.13. The van der Waals surface area contributed by atoms with E-state index in [4.69, 9.17) is 4.65 Å². The molecule has 13 heavy (non-hydrogen) atoms. The van der Waals surface area contributed by atoms with Crippen LogP contribution in [-0.2, 0) is 17.7 Å². The van der Waals surface area contributed by atoms with Gasteiger partial charge in [0.2, 0.25) is 0 Å². The van der Waals surface area contributed by atoms with Crippen LogP contribution >= 0.6 is 0 Å². The lowest BCUT2D eigenvalue weighted by atomic mass is 9.64. The van der Waals surface area contributed by atoms with Crippen molar-refractivity contribution in [3.8, 4) is 0 Å². The van der Waals surface area contributed by atoms with Crippen LogP contribution in [0.15, 0.2) is 18.2 Å². The van der Waals surface area contributed by atoms with Crippen LogP contribution in [0.4, 0.5) is 0 Å². The average molecular weight is 174 g/mol. The van der Waals surface area contributed by atoms with E-state index in [-0.39, 0.29) is 0 Å². The Labute approximate surface area is 80.2 Å². The fourth-order valence-corrected chi connectivity index (χ4v) is 1.90. The molecule has 0 radical (unpaired) electrons. The molecule has 2 rings (SSSR count). The fourth-order valence-electron chi connectivity index (χ4n) is 1.90. The molecule has 0 unspecified atom stereocenters. The number of rotatable bonds is 2. The molecular weight excluding hydrogens is 159 g/mol. The number of hydrogen-bond donors (Lipinski definition) is 0. The first kappa shape index (κ1) is 8.83. The van der Waals surface area contributed by atoms with Crippen molar-refractivity contribution >= 4 is 12.4 Å². The van der Waals surface area contributed by atoms with Crippen LogP contribution in [0.5, 0.6) is 0 Å². The zero-order valence-electron chi connectivity index (χ0n) is 8.34. The van der Waals surface area contributed by atoms with Gasteiger partial charge in [0.15, 0.2) is 0 Å². The highest BCUT2D eigenvalue weighted by molar-refractivity contribution is 6.67. The molecule has 1 nitrogen and oxygen atoms in total. The molecule has 0 aliphatic carbocycles. The summed E-state index contributed by atoms with van der Waals surface area (Å²) in [6, 6.07) is 6.74. The van der Waals surface area contributed by atoms with Gasteiger partial charge in [0.05, 0.1) is 6.61 Å². The molecule has 0 saturated heterocycles. The summed E-state index contributed by atoms with van der Waals surface area (Å²) in [6.07, 6.45) is 2.40. The first-order valence-corrected chi connectivity index (χ1v) is 5.04. The lowest BCUT2D eigenvalue weighted by Crippen LogP contribution is -2.24. The second-order valence-corrected chi connectivity index (χ2v) is 3.74. The molecule has 0 saturated carbocycles. The second-order valence-electron chi connectivity index (χ2n) is 3.74. The molecule has 2 heteroatoms. The van der Waals surface area contributed by atoms with Crippen LogP contribution in [0, 0.1) is 0 Å². The van der Waals surface area contributed by atoms with Crippen molar-refractivity contribution in [3.63, 3.8) is 0 Å². The quantitative estimate of drug-likeness (QED) is 0.623. The molecular formula is C11H15BO. The Bertz CT molecular complexity index is 309. The third kappa shape index (κ3) is 1.64. The van der Waals surface area contributed by atoms with E-state index < -0.39 is 0 Å². The number of fused-ring (bicyclic) bond motifs is 1. The van der Waals surface area contributed by atoms with Crippen LogP contribution in [0.25, 0.3) is 0 Å². The smallest absolute Gasteiger partial charge is 0.324 e. The van der Waals surface area contributed by atoms with E-state index in [1.807, 2.05) is 0 Å². The van der Waals surface area contributed by atoms with E-state index in [1.165, 1.54) is 29.4 Å². The number of benzene rings is 1. The van der Waals surface area contributed by atoms with Crippen LogP contribution in [0.2, 0.25) is 6.82 Å². The summed E-state index contributed by atoms with van der Waals surface area (Å²) in [7, 11) is 0. The SMILES string of the molecule is CCCc1ccc2c(c1)B(C)OC2. The predicted octanol–water partition coefficient (Wildman–Crippen LogP) is 2.00. The largest absolute Gasteiger partial charge is 0.427 e. The molecule has 1 heterocycles. The highest BCUT2D eigenvalue weighted by Gasteiger charge is 2.22. The summed E-state index contributed by atoms with van der Waals surface area (Å²) in [4.78, 5) is 0. The van der Waals surface area contributed by atoms with Crippen LogP contribution < -0.4 is 5.46 Å². The van der Waals surface area contributed by atoms with Crippen LogP contribution in [0.1, 0.15) is 24.5 Å². The van der Waals surface area contributed by atoms with Crippen molar-refractivity contribution < 1.29 is 4.65 Å². The van der Waals surface area contributed by atoms with Crippen molar-refractivity contribution in [2.24, 2.45) is 0 Å². The molecule has 0 amide bonds. The summed E-state index contributed by atoms with van der Waals surface area (Å²) < 4.78 is 5.56. The third-order valence-corrected chi connectivity index (χ3v) is 2.68. The molecule has 0 atom stereocenters. The molecule has 0 fully saturated rings. The Kier molecular flexibility index (Phi) is 2.41. The lowest BCUT2D eigenvalue weighted by Gasteiger charge is -2.03. The maximum absolute atomic E-state index is 5.56. The monoisotopic (exact) mass is 174 g/mol. The topological polar surface area (TPSA) is 9.23 Å². The summed E-state index contributed by atoms with van der Waals surface area (Å²) >= 11 is 0. The van der Waals surface area contributed by atoms with E-state index in [0.29, 0.717) is 6.92 Å². The van der Waals surface area contributed by atoms with E-state index >= 15 is 0 Å². The summed E-state index contributed by atoms with van der Waals surface area (Å²) in [6.45, 7) is 5.43. The standard InChI is InChI=1S/C11H15BO/c1-3-4-9-5-6-10-8-13-12(2)11(10)7-9/h5-7H,3-4,8H2,1-2H3. The Balaban J connectivity index is 2.31.